The minimum atomic E-state index is -0.431. The standard InChI is InChI=1S/C12H18ClN3O/c1-15-6-5-8(7-15)12-14-11(13)9-3-2-4-10(17)16(9)12/h8,10,17H,2-7H2,1H3. The molecule has 0 amide bonds. The van der Waals surface area contributed by atoms with Crippen LogP contribution in [0.25, 0.3) is 0 Å². The number of imidazole rings is 1. The molecule has 1 fully saturated rings. The minimum absolute atomic E-state index is 0.416. The molecule has 4 nitrogen and oxygen atoms in total. The van der Waals surface area contributed by atoms with Gasteiger partial charge in [0, 0.05) is 12.5 Å². The molecule has 2 aliphatic rings. The highest BCUT2D eigenvalue weighted by atomic mass is 35.5. The average molecular weight is 256 g/mol. The zero-order chi connectivity index (χ0) is 12.0. The Bertz CT molecular complexity index is 432. The van der Waals surface area contributed by atoms with Crippen LogP contribution in [0, 0.1) is 0 Å². The van der Waals surface area contributed by atoms with Crippen molar-refractivity contribution in [2.75, 3.05) is 20.1 Å². The Morgan fingerprint density at radius 1 is 1.41 bits per heavy atom. The molecule has 5 heteroatoms. The van der Waals surface area contributed by atoms with Crippen molar-refractivity contribution < 1.29 is 5.11 Å². The van der Waals surface area contributed by atoms with Gasteiger partial charge in [0.25, 0.3) is 0 Å². The van der Waals surface area contributed by atoms with Gasteiger partial charge in [0.2, 0.25) is 0 Å². The summed E-state index contributed by atoms with van der Waals surface area (Å²) in [5.74, 6) is 1.40. The van der Waals surface area contributed by atoms with Gasteiger partial charge in [0.15, 0.2) is 5.15 Å². The Morgan fingerprint density at radius 3 is 2.94 bits per heavy atom. The first-order valence-electron chi connectivity index (χ1n) is 6.30. The molecule has 0 radical (unpaired) electrons. The van der Waals surface area contributed by atoms with Crippen LogP contribution in [0.2, 0.25) is 5.15 Å². The van der Waals surface area contributed by atoms with E-state index < -0.39 is 6.23 Å². The average Bonchev–Trinajstić information content (AvgIpc) is 2.85. The van der Waals surface area contributed by atoms with E-state index in [-0.39, 0.29) is 0 Å². The first kappa shape index (κ1) is 11.5. The zero-order valence-corrected chi connectivity index (χ0v) is 10.8. The lowest BCUT2D eigenvalue weighted by Gasteiger charge is -2.24. The second kappa shape index (κ2) is 4.26. The fourth-order valence-electron chi connectivity index (χ4n) is 3.03. The molecule has 0 bridgehead atoms. The Hall–Kier alpha value is -0.580. The molecule has 17 heavy (non-hydrogen) atoms. The van der Waals surface area contributed by atoms with Crippen molar-refractivity contribution in [2.45, 2.75) is 37.8 Å². The highest BCUT2D eigenvalue weighted by Gasteiger charge is 2.31. The number of rotatable bonds is 1. The number of aliphatic hydroxyl groups excluding tert-OH is 1. The molecular weight excluding hydrogens is 238 g/mol. The van der Waals surface area contributed by atoms with E-state index in [1.807, 2.05) is 4.57 Å². The largest absolute Gasteiger partial charge is 0.373 e. The van der Waals surface area contributed by atoms with E-state index >= 15 is 0 Å². The summed E-state index contributed by atoms with van der Waals surface area (Å²) in [6.45, 7) is 2.11. The number of fused-ring (bicyclic) bond motifs is 1. The maximum atomic E-state index is 10.1. The monoisotopic (exact) mass is 255 g/mol. The third kappa shape index (κ3) is 1.88. The van der Waals surface area contributed by atoms with Gasteiger partial charge in [-0.2, -0.15) is 0 Å². The maximum absolute atomic E-state index is 10.1. The Labute approximate surface area is 106 Å². The van der Waals surface area contributed by atoms with Gasteiger partial charge < -0.3 is 14.6 Å². The summed E-state index contributed by atoms with van der Waals surface area (Å²) >= 11 is 6.19. The Kier molecular flexibility index (Phi) is 2.89. The van der Waals surface area contributed by atoms with Crippen molar-refractivity contribution in [3.63, 3.8) is 0 Å². The number of halogens is 1. The topological polar surface area (TPSA) is 41.3 Å². The molecular formula is C12H18ClN3O. The molecule has 0 saturated carbocycles. The van der Waals surface area contributed by atoms with Crippen molar-refractivity contribution in [3.05, 3.63) is 16.7 Å². The third-order valence-electron chi connectivity index (χ3n) is 3.92. The van der Waals surface area contributed by atoms with Gasteiger partial charge >= 0.3 is 0 Å². The van der Waals surface area contributed by atoms with Crippen molar-refractivity contribution >= 4 is 11.6 Å². The molecule has 1 N–H and O–H groups in total. The van der Waals surface area contributed by atoms with E-state index in [1.165, 1.54) is 0 Å². The van der Waals surface area contributed by atoms with E-state index in [0.29, 0.717) is 11.1 Å². The summed E-state index contributed by atoms with van der Waals surface area (Å²) in [5, 5.41) is 10.7. The van der Waals surface area contributed by atoms with Gasteiger partial charge in [-0.05, 0) is 39.3 Å². The predicted octanol–water partition coefficient (Wildman–Crippen LogP) is 1.78. The number of likely N-dealkylation sites (N-methyl/N-ethyl adjacent to an activating group) is 1. The molecule has 1 aromatic rings. The summed E-state index contributed by atoms with van der Waals surface area (Å²) in [4.78, 5) is 6.80. The van der Waals surface area contributed by atoms with Crippen LogP contribution in [0.5, 0.6) is 0 Å². The van der Waals surface area contributed by atoms with Crippen LogP contribution in [0.3, 0.4) is 0 Å². The molecule has 0 aromatic carbocycles. The highest BCUT2D eigenvalue weighted by molar-refractivity contribution is 6.30. The molecule has 1 aromatic heterocycles. The lowest BCUT2D eigenvalue weighted by atomic mass is 10.1. The SMILES string of the molecule is CN1CCC(c2nc(Cl)c3n2C(O)CCC3)C1. The number of aliphatic hydroxyl groups is 1. The third-order valence-corrected chi connectivity index (χ3v) is 4.22. The predicted molar refractivity (Wildman–Crippen MR) is 66.3 cm³/mol. The van der Waals surface area contributed by atoms with Crippen molar-refractivity contribution in [1.82, 2.24) is 14.5 Å². The molecule has 1 saturated heterocycles. The second-order valence-electron chi connectivity index (χ2n) is 5.20. The second-order valence-corrected chi connectivity index (χ2v) is 5.56. The number of nitrogens with zero attached hydrogens (tertiary/aromatic N) is 3. The van der Waals surface area contributed by atoms with Crippen LogP contribution in [0.1, 0.15) is 42.9 Å². The zero-order valence-electron chi connectivity index (χ0n) is 10.1. The van der Waals surface area contributed by atoms with Crippen LogP contribution >= 0.6 is 11.6 Å². The smallest absolute Gasteiger partial charge is 0.150 e. The fourth-order valence-corrected chi connectivity index (χ4v) is 3.30. The van der Waals surface area contributed by atoms with Crippen molar-refractivity contribution in [1.29, 1.82) is 0 Å². The summed E-state index contributed by atoms with van der Waals surface area (Å²) < 4.78 is 1.98. The van der Waals surface area contributed by atoms with Gasteiger partial charge in [0.05, 0.1) is 5.69 Å². The maximum Gasteiger partial charge on any atom is 0.150 e. The van der Waals surface area contributed by atoms with E-state index in [1.54, 1.807) is 0 Å². The van der Waals surface area contributed by atoms with Crippen LogP contribution in [-0.2, 0) is 6.42 Å². The van der Waals surface area contributed by atoms with E-state index in [0.717, 1.165) is 50.3 Å². The molecule has 0 aliphatic carbocycles. The van der Waals surface area contributed by atoms with Gasteiger partial charge in [-0.15, -0.1) is 0 Å². The molecule has 2 atom stereocenters. The minimum Gasteiger partial charge on any atom is -0.373 e. The first-order valence-corrected chi connectivity index (χ1v) is 6.67. The van der Waals surface area contributed by atoms with E-state index in [9.17, 15) is 5.11 Å². The van der Waals surface area contributed by atoms with Gasteiger partial charge in [-0.3, -0.25) is 0 Å². The first-order chi connectivity index (χ1) is 8.16. The van der Waals surface area contributed by atoms with Crippen LogP contribution in [0.4, 0.5) is 0 Å². The fraction of sp³-hybridized carbons (Fsp3) is 0.750. The molecule has 94 valence electrons. The van der Waals surface area contributed by atoms with Crippen LogP contribution in [-0.4, -0.2) is 39.7 Å². The summed E-state index contributed by atoms with van der Waals surface area (Å²) in [5.41, 5.74) is 1.02. The molecule has 0 spiro atoms. The van der Waals surface area contributed by atoms with Crippen LogP contribution in [0.15, 0.2) is 0 Å². The lowest BCUT2D eigenvalue weighted by molar-refractivity contribution is 0.0746. The number of hydrogen-bond acceptors (Lipinski definition) is 3. The van der Waals surface area contributed by atoms with Gasteiger partial charge in [0.1, 0.15) is 12.1 Å². The van der Waals surface area contributed by atoms with Gasteiger partial charge in [-0.25, -0.2) is 4.98 Å². The highest BCUT2D eigenvalue weighted by Crippen LogP contribution is 2.35. The number of likely N-dealkylation sites (tertiary alicyclic amines) is 1. The Morgan fingerprint density at radius 2 is 2.24 bits per heavy atom. The van der Waals surface area contributed by atoms with Crippen molar-refractivity contribution in [2.24, 2.45) is 0 Å². The van der Waals surface area contributed by atoms with Crippen molar-refractivity contribution in [3.8, 4) is 0 Å². The normalized spacial score (nSPS) is 29.6. The summed E-state index contributed by atoms with van der Waals surface area (Å²) in [7, 11) is 2.12. The summed E-state index contributed by atoms with van der Waals surface area (Å²) in [6, 6.07) is 0. The summed E-state index contributed by atoms with van der Waals surface area (Å²) in [6.07, 6.45) is 3.42. The molecule has 3 heterocycles. The van der Waals surface area contributed by atoms with Gasteiger partial charge in [-0.1, -0.05) is 11.6 Å². The Balaban J connectivity index is 2.00. The number of hydrogen-bond donors (Lipinski definition) is 1. The quantitative estimate of drug-likeness (QED) is 0.832. The molecule has 2 unspecified atom stereocenters. The van der Waals surface area contributed by atoms with E-state index in [2.05, 4.69) is 16.9 Å². The van der Waals surface area contributed by atoms with E-state index in [4.69, 9.17) is 11.6 Å². The van der Waals surface area contributed by atoms with Crippen LogP contribution < -0.4 is 0 Å². The lowest BCUT2D eigenvalue weighted by Crippen LogP contribution is -2.22. The number of aromatic nitrogens is 2. The molecule has 3 rings (SSSR count). The molecule has 2 aliphatic heterocycles.